The topological polar surface area (TPSA) is 59.2 Å². The number of aromatic nitrogens is 1. The molecule has 110 valence electrons. The number of hydrogen-bond donors (Lipinski definition) is 1. The molecule has 2 aromatic rings. The quantitative estimate of drug-likeness (QED) is 0.882. The molecule has 1 heterocycles. The Morgan fingerprint density at radius 3 is 2.67 bits per heavy atom. The summed E-state index contributed by atoms with van der Waals surface area (Å²) in [6.07, 6.45) is 0. The van der Waals surface area contributed by atoms with E-state index in [4.69, 9.17) is 17.3 Å². The Labute approximate surface area is 129 Å². The summed E-state index contributed by atoms with van der Waals surface area (Å²) in [5, 5.41) is 0.394. The average molecular weight is 304 g/mol. The first-order chi connectivity index (χ1) is 10.0. The number of anilines is 1. The lowest BCUT2D eigenvalue weighted by atomic mass is 10.1. The summed E-state index contributed by atoms with van der Waals surface area (Å²) in [6.45, 7) is 4.87. The van der Waals surface area contributed by atoms with E-state index in [-0.39, 0.29) is 5.91 Å². The van der Waals surface area contributed by atoms with Crippen LogP contribution in [0.5, 0.6) is 0 Å². The highest BCUT2D eigenvalue weighted by atomic mass is 35.5. The molecular weight excluding hydrogens is 286 g/mol. The van der Waals surface area contributed by atoms with Crippen molar-refractivity contribution in [3.8, 4) is 0 Å². The molecule has 0 spiro atoms. The van der Waals surface area contributed by atoms with Crippen molar-refractivity contribution in [1.29, 1.82) is 0 Å². The Hall–Kier alpha value is -2.07. The highest BCUT2D eigenvalue weighted by molar-refractivity contribution is 6.33. The molecule has 0 fully saturated rings. The molecule has 0 aliphatic rings. The molecule has 1 amide bonds. The molecular formula is C16H18ClN3O. The molecule has 0 unspecified atom stereocenters. The van der Waals surface area contributed by atoms with Gasteiger partial charge in [-0.15, -0.1) is 0 Å². The molecule has 0 atom stereocenters. The summed E-state index contributed by atoms with van der Waals surface area (Å²) in [4.78, 5) is 18.7. The largest absolute Gasteiger partial charge is 0.397 e. The Kier molecular flexibility index (Phi) is 4.81. The number of carbonyl (C=O) groups excluding carboxylic acids is 1. The molecule has 5 heteroatoms. The van der Waals surface area contributed by atoms with Crippen LogP contribution in [0.3, 0.4) is 0 Å². The minimum Gasteiger partial charge on any atom is -0.397 e. The normalized spacial score (nSPS) is 10.4. The summed E-state index contributed by atoms with van der Waals surface area (Å²) in [6, 6.07) is 10.9. The van der Waals surface area contributed by atoms with E-state index in [1.165, 1.54) is 0 Å². The van der Waals surface area contributed by atoms with Gasteiger partial charge in [0.05, 0.1) is 28.5 Å². The van der Waals surface area contributed by atoms with Crippen molar-refractivity contribution >= 4 is 23.2 Å². The van der Waals surface area contributed by atoms with Crippen molar-refractivity contribution in [2.75, 3.05) is 12.3 Å². The molecule has 0 radical (unpaired) electrons. The van der Waals surface area contributed by atoms with Gasteiger partial charge in [-0.25, -0.2) is 0 Å². The number of amides is 1. The number of rotatable bonds is 4. The lowest BCUT2D eigenvalue weighted by Crippen LogP contribution is -2.31. The molecule has 1 aromatic heterocycles. The number of aryl methyl sites for hydroxylation is 1. The molecule has 0 saturated heterocycles. The van der Waals surface area contributed by atoms with Crippen molar-refractivity contribution in [2.24, 2.45) is 0 Å². The molecule has 2 N–H and O–H groups in total. The summed E-state index contributed by atoms with van der Waals surface area (Å²) < 4.78 is 0. The van der Waals surface area contributed by atoms with E-state index in [0.717, 1.165) is 11.4 Å². The SMILES string of the molecule is CCN(Cc1cccc(C)n1)C(=O)c1cccc(Cl)c1N. The number of benzene rings is 1. The standard InChI is InChI=1S/C16H18ClN3O/c1-3-20(10-12-7-4-6-11(2)19-12)16(21)13-8-5-9-14(17)15(13)18/h4-9H,3,10,18H2,1-2H3. The van der Waals surface area contributed by atoms with E-state index in [1.807, 2.05) is 32.0 Å². The number of pyridine rings is 1. The van der Waals surface area contributed by atoms with E-state index >= 15 is 0 Å². The van der Waals surface area contributed by atoms with Gasteiger partial charge in [-0.3, -0.25) is 9.78 Å². The summed E-state index contributed by atoms with van der Waals surface area (Å²) in [5.74, 6) is -0.138. The second-order valence-corrected chi connectivity index (χ2v) is 5.20. The highest BCUT2D eigenvalue weighted by Gasteiger charge is 2.18. The van der Waals surface area contributed by atoms with Crippen molar-refractivity contribution in [1.82, 2.24) is 9.88 Å². The van der Waals surface area contributed by atoms with Gasteiger partial charge in [0.15, 0.2) is 0 Å². The maximum absolute atomic E-state index is 12.6. The van der Waals surface area contributed by atoms with Crippen LogP contribution in [0.4, 0.5) is 5.69 Å². The molecule has 1 aromatic carbocycles. The fourth-order valence-corrected chi connectivity index (χ4v) is 2.28. The van der Waals surface area contributed by atoms with Crippen LogP contribution >= 0.6 is 11.6 Å². The third kappa shape index (κ3) is 3.52. The molecule has 0 aliphatic heterocycles. The van der Waals surface area contributed by atoms with Gasteiger partial charge >= 0.3 is 0 Å². The highest BCUT2D eigenvalue weighted by Crippen LogP contribution is 2.24. The van der Waals surface area contributed by atoms with Gasteiger partial charge < -0.3 is 10.6 Å². The monoisotopic (exact) mass is 303 g/mol. The Balaban J connectivity index is 2.25. The van der Waals surface area contributed by atoms with Gasteiger partial charge in [-0.1, -0.05) is 23.7 Å². The zero-order valence-corrected chi connectivity index (χ0v) is 12.9. The lowest BCUT2D eigenvalue weighted by Gasteiger charge is -2.21. The number of halogens is 1. The van der Waals surface area contributed by atoms with Gasteiger partial charge in [0.25, 0.3) is 5.91 Å². The van der Waals surface area contributed by atoms with Crippen molar-refractivity contribution < 1.29 is 4.79 Å². The predicted octanol–water partition coefficient (Wildman–Crippen LogP) is 3.29. The van der Waals surface area contributed by atoms with Gasteiger partial charge in [0.2, 0.25) is 0 Å². The maximum atomic E-state index is 12.6. The summed E-state index contributed by atoms with van der Waals surface area (Å²) in [5.41, 5.74) is 8.43. The zero-order valence-electron chi connectivity index (χ0n) is 12.1. The lowest BCUT2D eigenvalue weighted by molar-refractivity contribution is 0.0751. The van der Waals surface area contributed by atoms with Gasteiger partial charge in [0, 0.05) is 12.2 Å². The molecule has 0 bridgehead atoms. The van der Waals surface area contributed by atoms with Crippen molar-refractivity contribution in [3.63, 3.8) is 0 Å². The van der Waals surface area contributed by atoms with Gasteiger partial charge in [0.1, 0.15) is 0 Å². The van der Waals surface area contributed by atoms with Crippen LogP contribution in [0.25, 0.3) is 0 Å². The van der Waals surface area contributed by atoms with E-state index in [1.54, 1.807) is 23.1 Å². The van der Waals surface area contributed by atoms with Crippen LogP contribution in [-0.2, 0) is 6.54 Å². The van der Waals surface area contributed by atoms with E-state index in [0.29, 0.717) is 29.4 Å². The molecule has 4 nitrogen and oxygen atoms in total. The Bertz CT molecular complexity index is 658. The number of nitrogen functional groups attached to an aromatic ring is 1. The molecule has 0 saturated carbocycles. The first kappa shape index (κ1) is 15.3. The fourth-order valence-electron chi connectivity index (χ4n) is 2.10. The minimum absolute atomic E-state index is 0.138. The van der Waals surface area contributed by atoms with Crippen molar-refractivity contribution in [2.45, 2.75) is 20.4 Å². The predicted molar refractivity (Wildman–Crippen MR) is 85.3 cm³/mol. The first-order valence-electron chi connectivity index (χ1n) is 6.78. The third-order valence-corrected chi connectivity index (χ3v) is 3.58. The molecule has 2 rings (SSSR count). The number of nitrogens with two attached hydrogens (primary N) is 1. The smallest absolute Gasteiger partial charge is 0.256 e. The summed E-state index contributed by atoms with van der Waals surface area (Å²) >= 11 is 5.98. The van der Waals surface area contributed by atoms with Crippen LogP contribution < -0.4 is 5.73 Å². The Morgan fingerprint density at radius 1 is 1.29 bits per heavy atom. The maximum Gasteiger partial charge on any atom is 0.256 e. The minimum atomic E-state index is -0.138. The fraction of sp³-hybridized carbons (Fsp3) is 0.250. The van der Waals surface area contributed by atoms with Gasteiger partial charge in [-0.05, 0) is 38.1 Å². The van der Waals surface area contributed by atoms with E-state index < -0.39 is 0 Å². The second-order valence-electron chi connectivity index (χ2n) is 4.79. The van der Waals surface area contributed by atoms with Crippen LogP contribution in [0.15, 0.2) is 36.4 Å². The van der Waals surface area contributed by atoms with Crippen LogP contribution in [0.2, 0.25) is 5.02 Å². The number of para-hydroxylation sites is 1. The molecule has 0 aliphatic carbocycles. The zero-order chi connectivity index (χ0) is 15.4. The van der Waals surface area contributed by atoms with E-state index in [2.05, 4.69) is 4.98 Å². The number of carbonyl (C=O) groups is 1. The Morgan fingerprint density at radius 2 is 2.00 bits per heavy atom. The van der Waals surface area contributed by atoms with Gasteiger partial charge in [-0.2, -0.15) is 0 Å². The third-order valence-electron chi connectivity index (χ3n) is 3.25. The second kappa shape index (κ2) is 6.59. The van der Waals surface area contributed by atoms with Crippen LogP contribution in [-0.4, -0.2) is 22.3 Å². The number of nitrogens with zero attached hydrogens (tertiary/aromatic N) is 2. The number of hydrogen-bond acceptors (Lipinski definition) is 3. The van der Waals surface area contributed by atoms with E-state index in [9.17, 15) is 4.79 Å². The van der Waals surface area contributed by atoms with Crippen molar-refractivity contribution in [3.05, 3.63) is 58.4 Å². The molecule has 21 heavy (non-hydrogen) atoms. The van der Waals surface area contributed by atoms with Crippen LogP contribution in [0.1, 0.15) is 28.7 Å². The first-order valence-corrected chi connectivity index (χ1v) is 7.16. The van der Waals surface area contributed by atoms with Crippen LogP contribution in [0, 0.1) is 6.92 Å². The summed E-state index contributed by atoms with van der Waals surface area (Å²) in [7, 11) is 0. The average Bonchev–Trinajstić information content (AvgIpc) is 2.47.